The molecule has 1 saturated carbocycles. The Hall–Kier alpha value is -1.26. The summed E-state index contributed by atoms with van der Waals surface area (Å²) >= 11 is 0. The van der Waals surface area contributed by atoms with Crippen LogP contribution in [-0.2, 0) is 4.79 Å². The smallest absolute Gasteiger partial charge is 0.320 e. The number of hydrogen-bond donors (Lipinski definition) is 1. The van der Waals surface area contributed by atoms with Crippen molar-refractivity contribution < 1.29 is 14.7 Å². The molecule has 0 bridgehead atoms. The highest BCUT2D eigenvalue weighted by molar-refractivity contribution is 5.76. The first-order chi connectivity index (χ1) is 9.50. The minimum absolute atomic E-state index is 0.0197. The average Bonchev–Trinajstić information content (AvgIpc) is 2.85. The highest BCUT2D eigenvalue weighted by Crippen LogP contribution is 2.37. The number of nitrogens with zero attached hydrogens (tertiary/aromatic N) is 2. The lowest BCUT2D eigenvalue weighted by Gasteiger charge is -2.41. The van der Waals surface area contributed by atoms with E-state index < -0.39 is 5.97 Å². The summed E-state index contributed by atoms with van der Waals surface area (Å²) in [4.78, 5) is 27.2. The Kier molecular flexibility index (Phi) is 4.89. The van der Waals surface area contributed by atoms with E-state index in [4.69, 9.17) is 5.11 Å². The lowest BCUT2D eigenvalue weighted by Crippen LogP contribution is -2.53. The van der Waals surface area contributed by atoms with Crippen molar-refractivity contribution in [1.29, 1.82) is 0 Å². The van der Waals surface area contributed by atoms with Crippen LogP contribution < -0.4 is 0 Å². The van der Waals surface area contributed by atoms with Crippen molar-refractivity contribution in [1.82, 2.24) is 9.80 Å². The number of carbonyl (C=O) groups is 2. The zero-order valence-corrected chi connectivity index (χ0v) is 12.5. The van der Waals surface area contributed by atoms with Gasteiger partial charge in [0.1, 0.15) is 0 Å². The van der Waals surface area contributed by atoms with E-state index in [0.717, 1.165) is 19.4 Å². The molecular formula is C15H26N2O3. The highest BCUT2D eigenvalue weighted by Gasteiger charge is 2.39. The fourth-order valence-electron chi connectivity index (χ4n) is 3.65. The number of carbonyl (C=O) groups excluding carboxylic acids is 1. The molecule has 0 spiro atoms. The molecule has 2 amide bonds. The Morgan fingerprint density at radius 1 is 1.25 bits per heavy atom. The maximum Gasteiger partial charge on any atom is 0.320 e. The number of carboxylic acids is 1. The van der Waals surface area contributed by atoms with Crippen molar-refractivity contribution in [2.75, 3.05) is 13.1 Å². The third-order valence-electron chi connectivity index (χ3n) is 4.67. The number of aliphatic carboxylic acids is 1. The molecule has 0 aromatic heterocycles. The highest BCUT2D eigenvalue weighted by atomic mass is 16.4. The Labute approximate surface area is 120 Å². The van der Waals surface area contributed by atoms with Gasteiger partial charge in [-0.25, -0.2) is 4.79 Å². The van der Waals surface area contributed by atoms with Crippen molar-refractivity contribution in [3.05, 3.63) is 0 Å². The molecule has 0 radical (unpaired) electrons. The van der Waals surface area contributed by atoms with Gasteiger partial charge in [0, 0.05) is 25.2 Å². The molecule has 2 atom stereocenters. The molecule has 2 aliphatic rings. The van der Waals surface area contributed by atoms with Crippen LogP contribution in [-0.4, -0.2) is 52.1 Å². The fourth-order valence-corrected chi connectivity index (χ4v) is 3.65. The van der Waals surface area contributed by atoms with E-state index in [-0.39, 0.29) is 18.5 Å². The molecule has 1 heterocycles. The van der Waals surface area contributed by atoms with E-state index >= 15 is 0 Å². The molecule has 1 saturated heterocycles. The van der Waals surface area contributed by atoms with Crippen molar-refractivity contribution in [2.24, 2.45) is 5.92 Å². The Bertz CT molecular complexity index is 370. The monoisotopic (exact) mass is 282 g/mol. The summed E-state index contributed by atoms with van der Waals surface area (Å²) in [6.07, 6.45) is 5.91. The molecule has 2 rings (SSSR count). The van der Waals surface area contributed by atoms with Crippen LogP contribution in [0.3, 0.4) is 0 Å². The minimum atomic E-state index is -0.846. The largest absolute Gasteiger partial charge is 0.481 e. The van der Waals surface area contributed by atoms with Gasteiger partial charge >= 0.3 is 12.0 Å². The van der Waals surface area contributed by atoms with Crippen LogP contribution in [0.5, 0.6) is 0 Å². The van der Waals surface area contributed by atoms with Crippen LogP contribution in [0.15, 0.2) is 0 Å². The molecule has 5 nitrogen and oxygen atoms in total. The molecule has 1 N–H and O–H groups in total. The molecular weight excluding hydrogens is 256 g/mol. The van der Waals surface area contributed by atoms with Crippen LogP contribution in [0.1, 0.15) is 52.4 Å². The maximum atomic E-state index is 12.8. The van der Waals surface area contributed by atoms with Crippen LogP contribution in [0, 0.1) is 5.92 Å². The summed E-state index contributed by atoms with van der Waals surface area (Å²) in [6.45, 7) is 5.04. The lowest BCUT2D eigenvalue weighted by atomic mass is 9.92. The molecule has 2 unspecified atom stereocenters. The summed E-state index contributed by atoms with van der Waals surface area (Å²) in [5.41, 5.74) is 0. The van der Waals surface area contributed by atoms with Crippen LogP contribution in [0.2, 0.25) is 0 Å². The quantitative estimate of drug-likeness (QED) is 0.862. The fraction of sp³-hybridized carbons (Fsp3) is 0.867. The molecule has 0 aromatic carbocycles. The van der Waals surface area contributed by atoms with Gasteiger partial charge in [-0.15, -0.1) is 0 Å². The van der Waals surface area contributed by atoms with Crippen LogP contribution in [0.25, 0.3) is 0 Å². The topological polar surface area (TPSA) is 60.9 Å². The molecule has 5 heteroatoms. The third kappa shape index (κ3) is 3.25. The van der Waals surface area contributed by atoms with E-state index in [2.05, 4.69) is 0 Å². The van der Waals surface area contributed by atoms with Crippen LogP contribution in [0.4, 0.5) is 4.79 Å². The zero-order chi connectivity index (χ0) is 14.7. The van der Waals surface area contributed by atoms with Crippen molar-refractivity contribution in [2.45, 2.75) is 64.5 Å². The van der Waals surface area contributed by atoms with Gasteiger partial charge in [0.05, 0.1) is 6.42 Å². The summed E-state index contributed by atoms with van der Waals surface area (Å²) in [7, 11) is 0. The summed E-state index contributed by atoms with van der Waals surface area (Å²) < 4.78 is 0. The number of fused-ring (bicyclic) bond motifs is 1. The number of carboxylic acid groups (broad SMARTS) is 1. The van der Waals surface area contributed by atoms with Gasteiger partial charge in [-0.3, -0.25) is 4.79 Å². The van der Waals surface area contributed by atoms with E-state index in [1.54, 1.807) is 4.90 Å². The second kappa shape index (κ2) is 6.46. The standard InChI is InChI=1S/C15H26N2O3/c1-11(2)16(10-8-14(18)19)15(20)17-9-4-6-12-5-3-7-13(12)17/h11-13H,3-10H2,1-2H3,(H,18,19). The maximum absolute atomic E-state index is 12.8. The van der Waals surface area contributed by atoms with E-state index in [0.29, 0.717) is 18.5 Å². The van der Waals surface area contributed by atoms with Gasteiger partial charge < -0.3 is 14.9 Å². The molecule has 20 heavy (non-hydrogen) atoms. The number of piperidine rings is 1. The van der Waals surface area contributed by atoms with Gasteiger partial charge in [0.15, 0.2) is 0 Å². The Balaban J connectivity index is 2.04. The first-order valence-corrected chi connectivity index (χ1v) is 7.79. The first-order valence-electron chi connectivity index (χ1n) is 7.79. The number of likely N-dealkylation sites (tertiary alicyclic amines) is 1. The predicted molar refractivity (Wildman–Crippen MR) is 76.6 cm³/mol. The normalized spacial score (nSPS) is 25.6. The van der Waals surface area contributed by atoms with Gasteiger partial charge in [-0.05, 0) is 45.4 Å². The Morgan fingerprint density at radius 3 is 2.60 bits per heavy atom. The molecule has 1 aliphatic carbocycles. The van der Waals surface area contributed by atoms with Crippen molar-refractivity contribution >= 4 is 12.0 Å². The van der Waals surface area contributed by atoms with E-state index in [1.165, 1.54) is 19.3 Å². The summed E-state index contributed by atoms with van der Waals surface area (Å²) in [6, 6.07) is 0.476. The van der Waals surface area contributed by atoms with Crippen LogP contribution >= 0.6 is 0 Å². The number of rotatable bonds is 4. The molecule has 114 valence electrons. The van der Waals surface area contributed by atoms with Crippen molar-refractivity contribution in [3.63, 3.8) is 0 Å². The number of amides is 2. The van der Waals surface area contributed by atoms with Gasteiger partial charge in [-0.2, -0.15) is 0 Å². The van der Waals surface area contributed by atoms with Gasteiger partial charge in [0.2, 0.25) is 0 Å². The zero-order valence-electron chi connectivity index (χ0n) is 12.5. The van der Waals surface area contributed by atoms with Crippen molar-refractivity contribution in [3.8, 4) is 0 Å². The molecule has 1 aliphatic heterocycles. The lowest BCUT2D eigenvalue weighted by molar-refractivity contribution is -0.137. The molecule has 2 fully saturated rings. The number of hydrogen-bond acceptors (Lipinski definition) is 2. The van der Waals surface area contributed by atoms with Gasteiger partial charge in [0.25, 0.3) is 0 Å². The SMILES string of the molecule is CC(C)N(CCC(=O)O)C(=O)N1CCCC2CCCC21. The molecule has 0 aromatic rings. The van der Waals surface area contributed by atoms with E-state index in [9.17, 15) is 9.59 Å². The van der Waals surface area contributed by atoms with E-state index in [1.807, 2.05) is 18.7 Å². The first kappa shape index (κ1) is 15.1. The minimum Gasteiger partial charge on any atom is -0.481 e. The van der Waals surface area contributed by atoms with Gasteiger partial charge in [-0.1, -0.05) is 6.42 Å². The third-order valence-corrected chi connectivity index (χ3v) is 4.67. The summed E-state index contributed by atoms with van der Waals surface area (Å²) in [5, 5.41) is 8.83. The average molecular weight is 282 g/mol. The Morgan fingerprint density at radius 2 is 1.95 bits per heavy atom. The number of urea groups is 1. The second-order valence-electron chi connectivity index (χ2n) is 6.31. The second-order valence-corrected chi connectivity index (χ2v) is 6.31. The predicted octanol–water partition coefficient (Wildman–Crippen LogP) is 2.56. The summed E-state index contributed by atoms with van der Waals surface area (Å²) in [5.74, 6) is -0.179.